The van der Waals surface area contributed by atoms with Gasteiger partial charge in [-0.3, -0.25) is 5.73 Å². The molecule has 0 radical (unpaired) electrons. The van der Waals surface area contributed by atoms with Crippen LogP contribution in [0.4, 0.5) is 0 Å². The molecule has 0 rings (SSSR count). The minimum absolute atomic E-state index is 0.264. The summed E-state index contributed by atoms with van der Waals surface area (Å²) in [5.74, 6) is 0. The molecule has 0 aliphatic rings. The van der Waals surface area contributed by atoms with Crippen LogP contribution in [-0.4, -0.2) is 30.8 Å². The van der Waals surface area contributed by atoms with E-state index in [-0.39, 0.29) is 6.17 Å². The molecule has 0 amide bonds. The molecule has 0 fully saturated rings. The number of nitrogens with two attached hydrogens (primary N) is 1. The molecule has 0 aliphatic carbocycles. The quantitative estimate of drug-likeness (QED) is 0.444. The summed E-state index contributed by atoms with van der Waals surface area (Å²) in [7, 11) is 2.19. The van der Waals surface area contributed by atoms with E-state index in [4.69, 9.17) is 5.73 Å². The predicted octanol–water partition coefficient (Wildman–Crippen LogP) is 0.778. The number of quaternary nitrogens is 1. The van der Waals surface area contributed by atoms with Gasteiger partial charge in [0.2, 0.25) is 0 Å². The molecule has 0 aromatic heterocycles. The van der Waals surface area contributed by atoms with Gasteiger partial charge in [0.1, 0.15) is 6.17 Å². The van der Waals surface area contributed by atoms with E-state index in [0.717, 1.165) is 17.6 Å². The van der Waals surface area contributed by atoms with Crippen molar-refractivity contribution < 1.29 is 4.48 Å². The Morgan fingerprint density at radius 2 is 1.67 bits per heavy atom. The van der Waals surface area contributed by atoms with Gasteiger partial charge in [0.25, 0.3) is 0 Å². The first-order valence-electron chi connectivity index (χ1n) is 3.66. The maximum absolute atomic E-state index is 5.76. The van der Waals surface area contributed by atoms with Crippen molar-refractivity contribution in [3.63, 3.8) is 0 Å². The van der Waals surface area contributed by atoms with Crippen LogP contribution in [0.2, 0.25) is 0 Å². The maximum Gasteiger partial charge on any atom is 0.137 e. The van der Waals surface area contributed by atoms with Gasteiger partial charge in [-0.15, -0.1) is 0 Å². The van der Waals surface area contributed by atoms with Crippen molar-refractivity contribution in [2.24, 2.45) is 5.73 Å². The first-order valence-corrected chi connectivity index (χ1v) is 3.66. The van der Waals surface area contributed by atoms with Gasteiger partial charge in [-0.2, -0.15) is 0 Å². The van der Waals surface area contributed by atoms with Crippen molar-refractivity contribution in [2.45, 2.75) is 26.9 Å². The fourth-order valence-electron chi connectivity index (χ4n) is 0.800. The molecule has 1 unspecified atom stereocenters. The van der Waals surface area contributed by atoms with Crippen LogP contribution in [-0.2, 0) is 0 Å². The summed E-state index contributed by atoms with van der Waals surface area (Å²) in [6.07, 6.45) is 0.264. The first kappa shape index (κ1) is 8.92. The van der Waals surface area contributed by atoms with E-state index in [9.17, 15) is 0 Å². The van der Waals surface area contributed by atoms with Crippen molar-refractivity contribution in [1.29, 1.82) is 0 Å². The smallest absolute Gasteiger partial charge is 0.137 e. The molecule has 0 aromatic rings. The zero-order chi connectivity index (χ0) is 7.49. The predicted molar refractivity (Wildman–Crippen MR) is 40.9 cm³/mol. The highest BCUT2D eigenvalue weighted by Gasteiger charge is 2.20. The molecular formula is C7H19N2+. The number of hydrogen-bond acceptors (Lipinski definition) is 1. The Kier molecular flexibility index (Phi) is 3.15. The minimum atomic E-state index is 0.264. The second-order valence-corrected chi connectivity index (χ2v) is 2.85. The molecule has 2 heteroatoms. The van der Waals surface area contributed by atoms with E-state index in [1.54, 1.807) is 0 Å². The van der Waals surface area contributed by atoms with Crippen LogP contribution in [0.1, 0.15) is 20.8 Å². The van der Waals surface area contributed by atoms with Crippen molar-refractivity contribution in [3.8, 4) is 0 Å². The summed E-state index contributed by atoms with van der Waals surface area (Å²) in [5, 5.41) is 0. The Balaban J connectivity index is 3.92. The summed E-state index contributed by atoms with van der Waals surface area (Å²) in [6, 6.07) is 0. The van der Waals surface area contributed by atoms with Gasteiger partial charge in [0.05, 0.1) is 20.1 Å². The summed E-state index contributed by atoms with van der Waals surface area (Å²) in [5.41, 5.74) is 5.76. The Labute approximate surface area is 58.2 Å². The lowest BCUT2D eigenvalue weighted by Crippen LogP contribution is -2.54. The van der Waals surface area contributed by atoms with E-state index in [1.165, 1.54) is 0 Å². The third-order valence-corrected chi connectivity index (χ3v) is 2.43. The van der Waals surface area contributed by atoms with Gasteiger partial charge in [0, 0.05) is 6.92 Å². The SMILES string of the molecule is CC[N+](C)(CC)C(C)N. The van der Waals surface area contributed by atoms with Gasteiger partial charge in [-0.1, -0.05) is 0 Å². The lowest BCUT2D eigenvalue weighted by molar-refractivity contribution is -0.928. The monoisotopic (exact) mass is 131 g/mol. The Hall–Kier alpha value is -0.0800. The van der Waals surface area contributed by atoms with E-state index in [0.29, 0.717) is 0 Å². The summed E-state index contributed by atoms with van der Waals surface area (Å²) >= 11 is 0. The van der Waals surface area contributed by atoms with E-state index in [1.807, 2.05) is 0 Å². The lowest BCUT2D eigenvalue weighted by atomic mass is 10.3. The molecule has 0 spiro atoms. The maximum atomic E-state index is 5.76. The summed E-state index contributed by atoms with van der Waals surface area (Å²) in [4.78, 5) is 0. The average molecular weight is 131 g/mol. The van der Waals surface area contributed by atoms with Crippen LogP contribution in [0.5, 0.6) is 0 Å². The molecule has 0 bridgehead atoms. The van der Waals surface area contributed by atoms with Crippen LogP contribution in [0.3, 0.4) is 0 Å². The molecule has 2 N–H and O–H groups in total. The standard InChI is InChI=1S/C7H19N2/c1-5-9(4,6-2)7(3)8/h7H,5-6,8H2,1-4H3/q+1. The molecular weight excluding hydrogens is 112 g/mol. The molecule has 2 nitrogen and oxygen atoms in total. The molecule has 9 heavy (non-hydrogen) atoms. The van der Waals surface area contributed by atoms with Gasteiger partial charge in [-0.25, -0.2) is 0 Å². The second kappa shape index (κ2) is 3.18. The van der Waals surface area contributed by atoms with E-state index < -0.39 is 0 Å². The topological polar surface area (TPSA) is 26.0 Å². The highest BCUT2D eigenvalue weighted by Crippen LogP contribution is 2.03. The summed E-state index contributed by atoms with van der Waals surface area (Å²) in [6.45, 7) is 8.65. The Bertz CT molecular complexity index is 75.0. The molecule has 1 atom stereocenters. The molecule has 0 saturated heterocycles. The molecule has 0 aromatic carbocycles. The van der Waals surface area contributed by atoms with Gasteiger partial charge < -0.3 is 4.48 Å². The molecule has 56 valence electrons. The minimum Gasteiger partial charge on any atom is -0.312 e. The Morgan fingerprint density at radius 3 is 1.67 bits per heavy atom. The fraction of sp³-hybridized carbons (Fsp3) is 1.00. The van der Waals surface area contributed by atoms with Gasteiger partial charge in [-0.05, 0) is 13.8 Å². The second-order valence-electron chi connectivity index (χ2n) is 2.85. The molecule has 0 saturated carbocycles. The Morgan fingerprint density at radius 1 is 1.33 bits per heavy atom. The van der Waals surface area contributed by atoms with E-state index >= 15 is 0 Å². The number of rotatable bonds is 3. The van der Waals surface area contributed by atoms with Crippen molar-refractivity contribution in [1.82, 2.24) is 0 Å². The third kappa shape index (κ3) is 1.95. The van der Waals surface area contributed by atoms with Crippen LogP contribution < -0.4 is 5.73 Å². The van der Waals surface area contributed by atoms with Crippen molar-refractivity contribution in [3.05, 3.63) is 0 Å². The fourth-order valence-corrected chi connectivity index (χ4v) is 0.800. The van der Waals surface area contributed by atoms with Crippen LogP contribution in [0.25, 0.3) is 0 Å². The van der Waals surface area contributed by atoms with Crippen molar-refractivity contribution in [2.75, 3.05) is 20.1 Å². The highest BCUT2D eigenvalue weighted by atomic mass is 15.4. The first-order chi connectivity index (χ1) is 4.06. The average Bonchev–Trinajstić information content (AvgIpc) is 1.86. The number of hydrogen-bond donors (Lipinski definition) is 1. The third-order valence-electron chi connectivity index (χ3n) is 2.43. The van der Waals surface area contributed by atoms with E-state index in [2.05, 4.69) is 27.8 Å². The van der Waals surface area contributed by atoms with Crippen LogP contribution in [0.15, 0.2) is 0 Å². The lowest BCUT2D eigenvalue weighted by Gasteiger charge is -2.35. The van der Waals surface area contributed by atoms with Gasteiger partial charge in [0.15, 0.2) is 0 Å². The van der Waals surface area contributed by atoms with Crippen LogP contribution >= 0.6 is 0 Å². The van der Waals surface area contributed by atoms with Gasteiger partial charge >= 0.3 is 0 Å². The number of nitrogens with zero attached hydrogens (tertiary/aromatic N) is 1. The molecule has 0 aliphatic heterocycles. The highest BCUT2D eigenvalue weighted by molar-refractivity contribution is 4.37. The zero-order valence-corrected chi connectivity index (χ0v) is 7.02. The molecule has 0 heterocycles. The normalized spacial score (nSPS) is 15.7. The van der Waals surface area contributed by atoms with Crippen molar-refractivity contribution >= 4 is 0 Å². The largest absolute Gasteiger partial charge is 0.312 e. The zero-order valence-electron chi connectivity index (χ0n) is 7.02. The van der Waals surface area contributed by atoms with Crippen LogP contribution in [0, 0.1) is 0 Å². The summed E-state index contributed by atoms with van der Waals surface area (Å²) < 4.78 is 0.972.